The summed E-state index contributed by atoms with van der Waals surface area (Å²) >= 11 is 0. The third-order valence-corrected chi connectivity index (χ3v) is 3.31. The lowest BCUT2D eigenvalue weighted by Gasteiger charge is -2.25. The third kappa shape index (κ3) is 4.26. The summed E-state index contributed by atoms with van der Waals surface area (Å²) in [5.74, 6) is 0.259. The third-order valence-electron chi connectivity index (χ3n) is 3.31. The fourth-order valence-electron chi connectivity index (χ4n) is 2.18. The van der Waals surface area contributed by atoms with Gasteiger partial charge in [-0.1, -0.05) is 31.2 Å². The lowest BCUT2D eigenvalue weighted by atomic mass is 10.0. The molecule has 0 aliphatic heterocycles. The normalized spacial score (nSPS) is 11.2. The van der Waals surface area contributed by atoms with Crippen LogP contribution >= 0.6 is 0 Å². The zero-order valence-corrected chi connectivity index (χ0v) is 12.1. The molecule has 0 radical (unpaired) electrons. The summed E-state index contributed by atoms with van der Waals surface area (Å²) in [6.07, 6.45) is 1.75. The smallest absolute Gasteiger partial charge is 0.164 e. The molecule has 2 nitrogen and oxygen atoms in total. The van der Waals surface area contributed by atoms with Crippen LogP contribution < -0.4 is 0 Å². The van der Waals surface area contributed by atoms with Crippen molar-refractivity contribution in [2.24, 2.45) is 0 Å². The van der Waals surface area contributed by atoms with Gasteiger partial charge in [-0.05, 0) is 39.3 Å². The van der Waals surface area contributed by atoms with Gasteiger partial charge in [0.15, 0.2) is 5.78 Å². The number of carbonyl (C=O) groups excluding carboxylic acids is 1. The average Bonchev–Trinajstić information content (AvgIpc) is 2.34. The Morgan fingerprint density at radius 2 is 1.89 bits per heavy atom. The van der Waals surface area contributed by atoms with E-state index in [1.807, 2.05) is 31.2 Å². The van der Waals surface area contributed by atoms with Crippen LogP contribution in [0.5, 0.6) is 0 Å². The second-order valence-corrected chi connectivity index (χ2v) is 5.12. The van der Waals surface area contributed by atoms with Crippen molar-refractivity contribution in [3.05, 3.63) is 35.4 Å². The fraction of sp³-hybridized carbons (Fsp3) is 0.562. The molecular formula is C16H25NO. The second kappa shape index (κ2) is 7.32. The van der Waals surface area contributed by atoms with E-state index in [1.54, 1.807) is 0 Å². The Balaban J connectivity index is 2.58. The van der Waals surface area contributed by atoms with E-state index in [9.17, 15) is 4.79 Å². The molecule has 0 amide bonds. The van der Waals surface area contributed by atoms with Gasteiger partial charge < -0.3 is 4.90 Å². The van der Waals surface area contributed by atoms with E-state index in [-0.39, 0.29) is 5.78 Å². The number of rotatable bonds is 7. The van der Waals surface area contributed by atoms with Crippen molar-refractivity contribution in [2.75, 3.05) is 13.1 Å². The standard InChI is InChI=1S/C16H25NO/c1-5-11-17(13(2)3)12-10-16(18)15-9-7-6-8-14(15)4/h6-9,13H,5,10-12H2,1-4H3. The van der Waals surface area contributed by atoms with Crippen LogP contribution in [0.2, 0.25) is 0 Å². The highest BCUT2D eigenvalue weighted by Gasteiger charge is 2.13. The zero-order chi connectivity index (χ0) is 13.5. The molecule has 0 bridgehead atoms. The molecule has 0 N–H and O–H groups in total. The molecule has 1 aromatic carbocycles. The van der Waals surface area contributed by atoms with Gasteiger partial charge in [0.2, 0.25) is 0 Å². The Labute approximate surface area is 111 Å². The van der Waals surface area contributed by atoms with E-state index >= 15 is 0 Å². The quantitative estimate of drug-likeness (QED) is 0.685. The van der Waals surface area contributed by atoms with Gasteiger partial charge in [-0.3, -0.25) is 4.79 Å². The van der Waals surface area contributed by atoms with E-state index in [1.165, 1.54) is 0 Å². The Morgan fingerprint density at radius 1 is 1.22 bits per heavy atom. The molecule has 0 heterocycles. The maximum Gasteiger partial charge on any atom is 0.164 e. The maximum absolute atomic E-state index is 12.2. The number of carbonyl (C=O) groups is 1. The first-order chi connectivity index (χ1) is 8.56. The van der Waals surface area contributed by atoms with Crippen LogP contribution in [0, 0.1) is 6.92 Å². The molecule has 0 spiro atoms. The van der Waals surface area contributed by atoms with E-state index in [0.29, 0.717) is 12.5 Å². The van der Waals surface area contributed by atoms with Gasteiger partial charge in [0, 0.05) is 24.6 Å². The molecule has 18 heavy (non-hydrogen) atoms. The topological polar surface area (TPSA) is 20.3 Å². The van der Waals surface area contributed by atoms with Crippen LogP contribution in [-0.4, -0.2) is 29.8 Å². The van der Waals surface area contributed by atoms with E-state index in [0.717, 1.165) is 30.6 Å². The van der Waals surface area contributed by atoms with E-state index in [2.05, 4.69) is 25.7 Å². The number of ketones is 1. The number of benzene rings is 1. The van der Waals surface area contributed by atoms with Crippen LogP contribution in [0.25, 0.3) is 0 Å². The summed E-state index contributed by atoms with van der Waals surface area (Å²) in [7, 11) is 0. The molecule has 0 atom stereocenters. The fourth-order valence-corrected chi connectivity index (χ4v) is 2.18. The van der Waals surface area contributed by atoms with Crippen molar-refractivity contribution in [1.29, 1.82) is 0 Å². The van der Waals surface area contributed by atoms with Crippen molar-refractivity contribution in [3.63, 3.8) is 0 Å². The SMILES string of the molecule is CCCN(CCC(=O)c1ccccc1C)C(C)C. The largest absolute Gasteiger partial charge is 0.300 e. The first-order valence-corrected chi connectivity index (χ1v) is 6.89. The van der Waals surface area contributed by atoms with Gasteiger partial charge >= 0.3 is 0 Å². The molecule has 0 fully saturated rings. The molecule has 0 aliphatic rings. The second-order valence-electron chi connectivity index (χ2n) is 5.12. The number of aryl methyl sites for hydroxylation is 1. The van der Waals surface area contributed by atoms with Gasteiger partial charge in [0.25, 0.3) is 0 Å². The lowest BCUT2D eigenvalue weighted by molar-refractivity contribution is 0.0955. The maximum atomic E-state index is 12.2. The number of Topliss-reactive ketones (excluding diaryl/α,β-unsaturated/α-hetero) is 1. The predicted molar refractivity (Wildman–Crippen MR) is 77.1 cm³/mol. The molecule has 0 unspecified atom stereocenters. The zero-order valence-electron chi connectivity index (χ0n) is 12.1. The lowest BCUT2D eigenvalue weighted by Crippen LogP contribution is -2.33. The van der Waals surface area contributed by atoms with Gasteiger partial charge in [-0.2, -0.15) is 0 Å². The number of hydrogen-bond donors (Lipinski definition) is 0. The summed E-state index contributed by atoms with van der Waals surface area (Å²) in [6, 6.07) is 8.35. The van der Waals surface area contributed by atoms with Crippen LogP contribution in [-0.2, 0) is 0 Å². The molecule has 0 aliphatic carbocycles. The van der Waals surface area contributed by atoms with Crippen molar-refractivity contribution >= 4 is 5.78 Å². The molecule has 0 aromatic heterocycles. The minimum atomic E-state index is 0.259. The summed E-state index contributed by atoms with van der Waals surface area (Å²) < 4.78 is 0. The molecule has 1 rings (SSSR count). The minimum absolute atomic E-state index is 0.259. The summed E-state index contributed by atoms with van der Waals surface area (Å²) in [5, 5.41) is 0. The first kappa shape index (κ1) is 14.9. The first-order valence-electron chi connectivity index (χ1n) is 6.89. The van der Waals surface area contributed by atoms with Crippen LogP contribution in [0.3, 0.4) is 0 Å². The number of hydrogen-bond acceptors (Lipinski definition) is 2. The van der Waals surface area contributed by atoms with Crippen LogP contribution in [0.15, 0.2) is 24.3 Å². The van der Waals surface area contributed by atoms with Gasteiger partial charge in [-0.15, -0.1) is 0 Å². The van der Waals surface area contributed by atoms with Gasteiger partial charge in [0.05, 0.1) is 0 Å². The summed E-state index contributed by atoms with van der Waals surface area (Å²) in [5.41, 5.74) is 1.95. The molecule has 2 heteroatoms. The van der Waals surface area contributed by atoms with Crippen molar-refractivity contribution in [3.8, 4) is 0 Å². The van der Waals surface area contributed by atoms with Crippen molar-refractivity contribution < 1.29 is 4.79 Å². The Bertz CT molecular complexity index is 384. The Kier molecular flexibility index (Phi) is 6.06. The van der Waals surface area contributed by atoms with E-state index in [4.69, 9.17) is 0 Å². The van der Waals surface area contributed by atoms with Crippen LogP contribution in [0.1, 0.15) is 49.5 Å². The van der Waals surface area contributed by atoms with Gasteiger partial charge in [-0.25, -0.2) is 0 Å². The monoisotopic (exact) mass is 247 g/mol. The summed E-state index contributed by atoms with van der Waals surface area (Å²) in [6.45, 7) is 10.5. The van der Waals surface area contributed by atoms with Crippen molar-refractivity contribution in [2.45, 2.75) is 46.6 Å². The molecular weight excluding hydrogens is 222 g/mol. The number of nitrogens with zero attached hydrogens (tertiary/aromatic N) is 1. The predicted octanol–water partition coefficient (Wildman–Crippen LogP) is 3.69. The Hall–Kier alpha value is -1.15. The highest BCUT2D eigenvalue weighted by molar-refractivity contribution is 5.97. The average molecular weight is 247 g/mol. The Morgan fingerprint density at radius 3 is 2.44 bits per heavy atom. The van der Waals surface area contributed by atoms with Gasteiger partial charge in [0.1, 0.15) is 0 Å². The van der Waals surface area contributed by atoms with Crippen LogP contribution in [0.4, 0.5) is 0 Å². The minimum Gasteiger partial charge on any atom is -0.300 e. The summed E-state index contributed by atoms with van der Waals surface area (Å²) in [4.78, 5) is 14.5. The highest BCUT2D eigenvalue weighted by atomic mass is 16.1. The molecule has 0 saturated carbocycles. The molecule has 0 saturated heterocycles. The molecule has 100 valence electrons. The highest BCUT2D eigenvalue weighted by Crippen LogP contribution is 2.11. The van der Waals surface area contributed by atoms with Crippen molar-refractivity contribution in [1.82, 2.24) is 4.90 Å². The van der Waals surface area contributed by atoms with E-state index < -0.39 is 0 Å². The molecule has 1 aromatic rings.